The van der Waals surface area contributed by atoms with Gasteiger partial charge in [-0.15, -0.1) is 0 Å². The van der Waals surface area contributed by atoms with E-state index in [0.29, 0.717) is 13.0 Å². The third-order valence-electron chi connectivity index (χ3n) is 3.45. The minimum Gasteiger partial charge on any atom is -0.368 e. The summed E-state index contributed by atoms with van der Waals surface area (Å²) in [6.45, 7) is 9.37. The van der Waals surface area contributed by atoms with Crippen LogP contribution in [0.1, 0.15) is 46.1 Å². The lowest BCUT2D eigenvalue weighted by Gasteiger charge is -2.29. The highest BCUT2D eigenvalue weighted by Gasteiger charge is 2.35. The molecule has 1 rings (SSSR count). The average Bonchev–Trinajstić information content (AvgIpc) is 2.83. The van der Waals surface area contributed by atoms with Crippen LogP contribution in [0.15, 0.2) is 12.4 Å². The molecule has 0 spiro atoms. The molecule has 1 heterocycles. The van der Waals surface area contributed by atoms with E-state index in [4.69, 9.17) is 4.74 Å². The Hall–Kier alpha value is -1.16. The molecule has 4 heteroatoms. The van der Waals surface area contributed by atoms with Crippen LogP contribution in [-0.2, 0) is 22.5 Å². The van der Waals surface area contributed by atoms with Crippen molar-refractivity contribution >= 4 is 5.78 Å². The molecule has 0 amide bonds. The molecule has 0 saturated heterocycles. The van der Waals surface area contributed by atoms with Gasteiger partial charge in [0.25, 0.3) is 0 Å². The predicted molar refractivity (Wildman–Crippen MR) is 71.6 cm³/mol. The monoisotopic (exact) mass is 252 g/mol. The molecule has 0 aliphatic heterocycles. The van der Waals surface area contributed by atoms with Gasteiger partial charge < -0.3 is 4.74 Å². The Morgan fingerprint density at radius 1 is 1.33 bits per heavy atom. The van der Waals surface area contributed by atoms with Gasteiger partial charge in [-0.25, -0.2) is 0 Å². The van der Waals surface area contributed by atoms with Gasteiger partial charge in [0.15, 0.2) is 5.78 Å². The Bertz CT molecular complexity index is 381. The fourth-order valence-electron chi connectivity index (χ4n) is 2.22. The first-order valence-electron chi connectivity index (χ1n) is 6.80. The number of Topliss-reactive ketones (excluding diaryl/α,β-unsaturated/α-hetero) is 1. The molecule has 0 aliphatic carbocycles. The Kier molecular flexibility index (Phi) is 5.54. The molecule has 0 aliphatic rings. The topological polar surface area (TPSA) is 44.1 Å². The average molecular weight is 252 g/mol. The minimum atomic E-state index is -0.622. The minimum absolute atomic E-state index is 0.157. The summed E-state index contributed by atoms with van der Waals surface area (Å²) >= 11 is 0. The lowest BCUT2D eigenvalue weighted by molar-refractivity contribution is -0.144. The van der Waals surface area contributed by atoms with Crippen molar-refractivity contribution in [2.24, 2.45) is 0 Å². The molecule has 4 nitrogen and oxygen atoms in total. The normalized spacial score (nSPS) is 11.8. The van der Waals surface area contributed by atoms with Crippen LogP contribution in [0.5, 0.6) is 0 Å². The summed E-state index contributed by atoms with van der Waals surface area (Å²) in [6, 6.07) is 0. The van der Waals surface area contributed by atoms with Gasteiger partial charge in [0.1, 0.15) is 5.60 Å². The van der Waals surface area contributed by atoms with Crippen LogP contribution in [0, 0.1) is 0 Å². The van der Waals surface area contributed by atoms with Gasteiger partial charge in [-0.05, 0) is 32.3 Å². The highest BCUT2D eigenvalue weighted by atomic mass is 16.5. The van der Waals surface area contributed by atoms with Gasteiger partial charge in [-0.2, -0.15) is 5.10 Å². The van der Waals surface area contributed by atoms with Crippen LogP contribution in [0.4, 0.5) is 0 Å². The highest BCUT2D eigenvalue weighted by Crippen LogP contribution is 2.23. The summed E-state index contributed by atoms with van der Waals surface area (Å²) in [6.07, 6.45) is 5.54. The number of aromatic nitrogens is 2. The van der Waals surface area contributed by atoms with Crippen molar-refractivity contribution in [3.63, 3.8) is 0 Å². The van der Waals surface area contributed by atoms with Crippen molar-refractivity contribution in [3.05, 3.63) is 18.0 Å². The summed E-state index contributed by atoms with van der Waals surface area (Å²) in [4.78, 5) is 12.4. The molecule has 1 aromatic heterocycles. The zero-order valence-corrected chi connectivity index (χ0v) is 11.9. The van der Waals surface area contributed by atoms with Gasteiger partial charge in [0, 0.05) is 25.8 Å². The number of nitrogens with zero attached hydrogens (tertiary/aromatic N) is 2. The molecule has 18 heavy (non-hydrogen) atoms. The summed E-state index contributed by atoms with van der Waals surface area (Å²) in [5.74, 6) is 0.157. The van der Waals surface area contributed by atoms with E-state index >= 15 is 0 Å². The van der Waals surface area contributed by atoms with E-state index in [2.05, 4.69) is 5.10 Å². The molecule has 0 fully saturated rings. The van der Waals surface area contributed by atoms with Crippen LogP contribution >= 0.6 is 0 Å². The van der Waals surface area contributed by atoms with E-state index in [1.807, 2.05) is 38.6 Å². The molecule has 0 saturated carbocycles. The number of carbonyl (C=O) groups is 1. The van der Waals surface area contributed by atoms with Crippen molar-refractivity contribution < 1.29 is 9.53 Å². The Balaban J connectivity index is 2.78. The zero-order valence-electron chi connectivity index (χ0n) is 11.9. The van der Waals surface area contributed by atoms with E-state index in [1.165, 1.54) is 0 Å². The first-order valence-corrected chi connectivity index (χ1v) is 6.80. The largest absolute Gasteiger partial charge is 0.368 e. The van der Waals surface area contributed by atoms with E-state index in [0.717, 1.165) is 24.9 Å². The van der Waals surface area contributed by atoms with Gasteiger partial charge in [0.05, 0.1) is 6.20 Å². The lowest BCUT2D eigenvalue weighted by Crippen LogP contribution is -2.41. The fraction of sp³-hybridized carbons (Fsp3) is 0.714. The second-order valence-corrected chi connectivity index (χ2v) is 4.44. The maximum absolute atomic E-state index is 12.4. The van der Waals surface area contributed by atoms with Gasteiger partial charge >= 0.3 is 0 Å². The van der Waals surface area contributed by atoms with Crippen LogP contribution in [0.3, 0.4) is 0 Å². The predicted octanol–water partition coefficient (Wildman–Crippen LogP) is 2.61. The lowest BCUT2D eigenvalue weighted by atomic mass is 9.88. The molecule has 0 radical (unpaired) electrons. The third-order valence-corrected chi connectivity index (χ3v) is 3.45. The molecule has 0 atom stereocenters. The first kappa shape index (κ1) is 14.9. The zero-order chi connectivity index (χ0) is 13.6. The summed E-state index contributed by atoms with van der Waals surface area (Å²) < 4.78 is 7.55. The van der Waals surface area contributed by atoms with Crippen molar-refractivity contribution in [1.82, 2.24) is 9.78 Å². The van der Waals surface area contributed by atoms with Crippen molar-refractivity contribution in [2.75, 3.05) is 6.61 Å². The van der Waals surface area contributed by atoms with Gasteiger partial charge in [-0.1, -0.05) is 13.8 Å². The van der Waals surface area contributed by atoms with E-state index < -0.39 is 5.60 Å². The van der Waals surface area contributed by atoms with E-state index in [-0.39, 0.29) is 5.78 Å². The molecule has 0 N–H and O–H groups in total. The number of hydrogen-bond acceptors (Lipinski definition) is 3. The number of aryl methyl sites for hydroxylation is 1. The summed E-state index contributed by atoms with van der Waals surface area (Å²) in [5, 5.41) is 4.19. The summed E-state index contributed by atoms with van der Waals surface area (Å²) in [7, 11) is 0. The molecular formula is C14H24N2O2. The molecule has 102 valence electrons. The Morgan fingerprint density at radius 2 is 2.00 bits per heavy atom. The fourth-order valence-corrected chi connectivity index (χ4v) is 2.22. The smallest absolute Gasteiger partial charge is 0.169 e. The van der Waals surface area contributed by atoms with Crippen molar-refractivity contribution in [2.45, 2.75) is 59.1 Å². The van der Waals surface area contributed by atoms with Crippen molar-refractivity contribution in [1.29, 1.82) is 0 Å². The number of rotatable bonds is 8. The summed E-state index contributed by atoms with van der Waals surface area (Å²) in [5.41, 5.74) is 0.344. The van der Waals surface area contributed by atoms with Crippen LogP contribution in [0.25, 0.3) is 0 Å². The molecular weight excluding hydrogens is 228 g/mol. The van der Waals surface area contributed by atoms with Crippen molar-refractivity contribution in [3.8, 4) is 0 Å². The van der Waals surface area contributed by atoms with Crippen LogP contribution in [0.2, 0.25) is 0 Å². The number of hydrogen-bond donors (Lipinski definition) is 0. The first-order chi connectivity index (χ1) is 8.61. The second kappa shape index (κ2) is 6.69. The number of carbonyl (C=O) groups excluding carboxylic acids is 1. The SMILES string of the molecule is CCOC(CC)(CC)C(=O)Cc1cnn(CC)c1. The van der Waals surface area contributed by atoms with Crippen LogP contribution in [-0.4, -0.2) is 27.8 Å². The number of ether oxygens (including phenoxy) is 1. The van der Waals surface area contributed by atoms with E-state index in [1.54, 1.807) is 6.20 Å². The highest BCUT2D eigenvalue weighted by molar-refractivity contribution is 5.89. The molecule has 0 unspecified atom stereocenters. The standard InChI is InChI=1S/C14H24N2O2/c1-5-14(6-2,18-8-4)13(17)9-12-10-15-16(7-3)11-12/h10-11H,5-9H2,1-4H3. The molecule has 0 aromatic carbocycles. The number of ketones is 1. The maximum atomic E-state index is 12.4. The third kappa shape index (κ3) is 3.19. The second-order valence-electron chi connectivity index (χ2n) is 4.44. The van der Waals surface area contributed by atoms with E-state index in [9.17, 15) is 4.79 Å². The van der Waals surface area contributed by atoms with Gasteiger partial charge in [-0.3, -0.25) is 9.48 Å². The van der Waals surface area contributed by atoms with Crippen LogP contribution < -0.4 is 0 Å². The van der Waals surface area contributed by atoms with Gasteiger partial charge in [0.2, 0.25) is 0 Å². The maximum Gasteiger partial charge on any atom is 0.169 e. The molecule has 0 bridgehead atoms. The Labute approximate surface area is 109 Å². The molecule has 1 aromatic rings. The quantitative estimate of drug-likeness (QED) is 0.714. The Morgan fingerprint density at radius 3 is 2.44 bits per heavy atom.